The molecule has 1 aromatic rings. The molecule has 0 aliphatic rings. The van der Waals surface area contributed by atoms with Gasteiger partial charge in [0, 0.05) is 9.82 Å². The van der Waals surface area contributed by atoms with Crippen LogP contribution in [0.5, 0.6) is 0 Å². The van der Waals surface area contributed by atoms with Crippen molar-refractivity contribution < 1.29 is 4.92 Å². The summed E-state index contributed by atoms with van der Waals surface area (Å²) in [6.45, 7) is 6.53. The fraction of sp³-hybridized carbons (Fsp3) is 0.500. The second-order valence-corrected chi connectivity index (χ2v) is 5.85. The predicted molar refractivity (Wildman–Crippen MR) is 67.7 cm³/mol. The molecule has 3 nitrogen and oxygen atoms in total. The number of nitro groups is 1. The van der Waals surface area contributed by atoms with Crippen LogP contribution in [-0.2, 0) is 5.41 Å². The minimum atomic E-state index is -0.281. The molecule has 0 heterocycles. The summed E-state index contributed by atoms with van der Waals surface area (Å²) in [5.41, 5.74) is 1.44. The quantitative estimate of drug-likeness (QED) is 0.459. The Bertz CT molecular complexity index is 354. The Balaban J connectivity index is 2.55. The Hall–Kier alpha value is -1.03. The third-order valence-corrected chi connectivity index (χ3v) is 3.26. The summed E-state index contributed by atoms with van der Waals surface area (Å²) in [6.07, 6.45) is 0. The van der Waals surface area contributed by atoms with E-state index in [2.05, 4.69) is 32.9 Å². The molecule has 0 amide bonds. The van der Waals surface area contributed by atoms with E-state index in [1.807, 2.05) is 12.1 Å². The van der Waals surface area contributed by atoms with E-state index in [0.717, 1.165) is 4.90 Å². The van der Waals surface area contributed by atoms with Gasteiger partial charge < -0.3 is 0 Å². The Morgan fingerprint density at radius 2 is 1.81 bits per heavy atom. The van der Waals surface area contributed by atoms with Gasteiger partial charge in [0.1, 0.15) is 0 Å². The largest absolute Gasteiger partial charge is 0.265 e. The maximum Gasteiger partial charge on any atom is 0.213 e. The maximum atomic E-state index is 10.2. The van der Waals surface area contributed by atoms with Crippen molar-refractivity contribution in [2.45, 2.75) is 31.1 Å². The lowest BCUT2D eigenvalue weighted by Gasteiger charge is -2.18. The van der Waals surface area contributed by atoms with Gasteiger partial charge >= 0.3 is 0 Å². The summed E-state index contributed by atoms with van der Waals surface area (Å²) >= 11 is 1.53. The second kappa shape index (κ2) is 5.34. The smallest absolute Gasteiger partial charge is 0.213 e. The van der Waals surface area contributed by atoms with Crippen LogP contribution in [0, 0.1) is 10.1 Å². The first kappa shape index (κ1) is 13.0. The van der Waals surface area contributed by atoms with Crippen LogP contribution in [0.25, 0.3) is 0 Å². The van der Waals surface area contributed by atoms with Gasteiger partial charge in [0.15, 0.2) is 0 Å². The van der Waals surface area contributed by atoms with Crippen molar-refractivity contribution in [3.05, 3.63) is 39.9 Å². The van der Waals surface area contributed by atoms with E-state index in [-0.39, 0.29) is 16.9 Å². The molecule has 16 heavy (non-hydrogen) atoms. The van der Waals surface area contributed by atoms with Crippen molar-refractivity contribution in [2.75, 3.05) is 12.3 Å². The molecule has 1 aromatic carbocycles. The molecule has 0 radical (unpaired) electrons. The van der Waals surface area contributed by atoms with Crippen molar-refractivity contribution >= 4 is 11.8 Å². The molecule has 0 atom stereocenters. The van der Waals surface area contributed by atoms with Crippen LogP contribution in [0.2, 0.25) is 0 Å². The van der Waals surface area contributed by atoms with Gasteiger partial charge in [-0.05, 0) is 23.1 Å². The van der Waals surface area contributed by atoms with Crippen LogP contribution < -0.4 is 0 Å². The molecule has 0 unspecified atom stereocenters. The van der Waals surface area contributed by atoms with Gasteiger partial charge in [0.2, 0.25) is 6.54 Å². The van der Waals surface area contributed by atoms with Gasteiger partial charge in [-0.1, -0.05) is 32.9 Å². The average Bonchev–Trinajstić information content (AvgIpc) is 2.16. The van der Waals surface area contributed by atoms with Crippen LogP contribution in [0.15, 0.2) is 29.2 Å². The first-order valence-corrected chi connectivity index (χ1v) is 6.23. The van der Waals surface area contributed by atoms with E-state index in [9.17, 15) is 10.1 Å². The minimum absolute atomic E-state index is 0.0195. The number of nitrogens with zero attached hydrogens (tertiary/aromatic N) is 1. The molecular weight excluding hydrogens is 222 g/mol. The number of rotatable bonds is 4. The Kier molecular flexibility index (Phi) is 4.35. The van der Waals surface area contributed by atoms with Crippen LogP contribution in [0.1, 0.15) is 26.3 Å². The highest BCUT2D eigenvalue weighted by atomic mass is 32.2. The number of thioether (sulfide) groups is 1. The van der Waals surface area contributed by atoms with Crippen molar-refractivity contribution in [3.8, 4) is 0 Å². The second-order valence-electron chi connectivity index (χ2n) is 4.68. The van der Waals surface area contributed by atoms with Crippen molar-refractivity contribution in [1.82, 2.24) is 0 Å². The van der Waals surface area contributed by atoms with Gasteiger partial charge in [-0.2, -0.15) is 0 Å². The third-order valence-electron chi connectivity index (χ3n) is 2.26. The van der Waals surface area contributed by atoms with E-state index in [1.165, 1.54) is 17.3 Å². The molecule has 0 aliphatic carbocycles. The topological polar surface area (TPSA) is 43.1 Å². The molecule has 0 N–H and O–H groups in total. The lowest BCUT2D eigenvalue weighted by Crippen LogP contribution is -2.10. The standard InChI is InChI=1S/C12H17NO2S/c1-12(2,3)10-4-6-11(7-5-10)16-9-8-13(14)15/h4-7H,8-9H2,1-3H3. The molecule has 0 bridgehead atoms. The highest BCUT2D eigenvalue weighted by Crippen LogP contribution is 2.25. The molecule has 0 saturated heterocycles. The van der Waals surface area contributed by atoms with Crippen molar-refractivity contribution in [2.24, 2.45) is 0 Å². The minimum Gasteiger partial charge on any atom is -0.265 e. The fourth-order valence-corrected chi connectivity index (χ4v) is 2.09. The molecule has 88 valence electrons. The zero-order valence-corrected chi connectivity index (χ0v) is 10.7. The number of hydrogen-bond acceptors (Lipinski definition) is 3. The first-order chi connectivity index (χ1) is 7.39. The molecule has 0 aliphatic heterocycles. The Labute approximate surface area is 100 Å². The normalized spacial score (nSPS) is 11.4. The van der Waals surface area contributed by atoms with E-state index in [1.54, 1.807) is 0 Å². The lowest BCUT2D eigenvalue weighted by atomic mass is 9.87. The molecule has 0 saturated carbocycles. The van der Waals surface area contributed by atoms with Gasteiger partial charge in [0.05, 0.1) is 5.75 Å². The fourth-order valence-electron chi connectivity index (χ4n) is 1.29. The summed E-state index contributed by atoms with van der Waals surface area (Å²) in [5, 5.41) is 10.2. The monoisotopic (exact) mass is 239 g/mol. The van der Waals surface area contributed by atoms with Crippen LogP contribution in [0.4, 0.5) is 0 Å². The predicted octanol–water partition coefficient (Wildman–Crippen LogP) is 3.35. The summed E-state index contributed by atoms with van der Waals surface area (Å²) < 4.78 is 0. The number of benzene rings is 1. The molecular formula is C12H17NO2S. The highest BCUT2D eigenvalue weighted by Gasteiger charge is 2.12. The van der Waals surface area contributed by atoms with Gasteiger partial charge in [0.25, 0.3) is 0 Å². The molecule has 4 heteroatoms. The molecule has 0 spiro atoms. The maximum absolute atomic E-state index is 10.2. The Morgan fingerprint density at radius 1 is 1.25 bits per heavy atom. The lowest BCUT2D eigenvalue weighted by molar-refractivity contribution is -0.474. The SMILES string of the molecule is CC(C)(C)c1ccc(SCC[N+](=O)[O-])cc1. The average molecular weight is 239 g/mol. The Morgan fingerprint density at radius 3 is 2.25 bits per heavy atom. The third kappa shape index (κ3) is 4.23. The zero-order chi connectivity index (χ0) is 12.2. The van der Waals surface area contributed by atoms with Crippen molar-refractivity contribution in [1.29, 1.82) is 0 Å². The van der Waals surface area contributed by atoms with E-state index in [4.69, 9.17) is 0 Å². The van der Waals surface area contributed by atoms with Gasteiger partial charge in [-0.25, -0.2) is 0 Å². The van der Waals surface area contributed by atoms with E-state index in [0.29, 0.717) is 5.75 Å². The number of hydrogen-bond donors (Lipinski definition) is 0. The molecule has 1 rings (SSSR count). The van der Waals surface area contributed by atoms with Crippen LogP contribution in [-0.4, -0.2) is 17.2 Å². The summed E-state index contributed by atoms with van der Waals surface area (Å²) in [4.78, 5) is 11.0. The summed E-state index contributed by atoms with van der Waals surface area (Å²) in [7, 11) is 0. The molecule has 0 aromatic heterocycles. The summed E-state index contributed by atoms with van der Waals surface area (Å²) in [6, 6.07) is 8.25. The molecule has 0 fully saturated rings. The summed E-state index contributed by atoms with van der Waals surface area (Å²) in [5.74, 6) is 0.530. The van der Waals surface area contributed by atoms with Crippen LogP contribution in [0.3, 0.4) is 0 Å². The first-order valence-electron chi connectivity index (χ1n) is 5.25. The van der Waals surface area contributed by atoms with Gasteiger partial charge in [-0.15, -0.1) is 11.8 Å². The zero-order valence-electron chi connectivity index (χ0n) is 9.90. The van der Waals surface area contributed by atoms with Gasteiger partial charge in [-0.3, -0.25) is 10.1 Å². The van der Waals surface area contributed by atoms with E-state index >= 15 is 0 Å². The van der Waals surface area contributed by atoms with Crippen LogP contribution >= 0.6 is 11.8 Å². The van der Waals surface area contributed by atoms with E-state index < -0.39 is 0 Å². The highest BCUT2D eigenvalue weighted by molar-refractivity contribution is 7.99. The van der Waals surface area contributed by atoms with Crippen molar-refractivity contribution in [3.63, 3.8) is 0 Å².